The predicted molar refractivity (Wildman–Crippen MR) is 112 cm³/mol. The maximum Gasteiger partial charge on any atom is 0.238 e. The van der Waals surface area contributed by atoms with E-state index in [4.69, 9.17) is 0 Å². The molecule has 5 aromatic rings. The Morgan fingerprint density at radius 3 is 2.67 bits per heavy atom. The second-order valence-corrected chi connectivity index (χ2v) is 7.12. The molecule has 0 atom stereocenters. The zero-order valence-corrected chi connectivity index (χ0v) is 16.2. The molecule has 5 rings (SSSR count). The van der Waals surface area contributed by atoms with Gasteiger partial charge in [-0.05, 0) is 36.8 Å². The maximum atomic E-state index is 14.1. The van der Waals surface area contributed by atoms with Crippen LogP contribution < -0.4 is 0 Å². The molecular formula is C23H18FN5O. The van der Waals surface area contributed by atoms with Crippen molar-refractivity contribution in [3.8, 4) is 22.8 Å². The molecule has 6 nitrogen and oxygen atoms in total. The molecule has 0 saturated carbocycles. The van der Waals surface area contributed by atoms with Gasteiger partial charge in [0.2, 0.25) is 5.95 Å². The van der Waals surface area contributed by atoms with Crippen LogP contribution in [-0.2, 0) is 6.54 Å². The van der Waals surface area contributed by atoms with Gasteiger partial charge in [-0.15, -0.1) is 5.10 Å². The number of rotatable bonds is 4. The molecule has 7 heteroatoms. The first-order chi connectivity index (χ1) is 14.6. The molecule has 0 aliphatic carbocycles. The van der Waals surface area contributed by atoms with Crippen molar-refractivity contribution >= 4 is 10.8 Å². The number of aromatic nitrogens is 5. The van der Waals surface area contributed by atoms with Crippen LogP contribution in [0.15, 0.2) is 73.1 Å². The Morgan fingerprint density at radius 1 is 1.03 bits per heavy atom. The second-order valence-electron chi connectivity index (χ2n) is 7.12. The molecule has 0 spiro atoms. The number of hydrogen-bond acceptors (Lipinski definition) is 4. The molecule has 0 saturated heterocycles. The summed E-state index contributed by atoms with van der Waals surface area (Å²) in [6.45, 7) is 2.41. The third-order valence-corrected chi connectivity index (χ3v) is 5.19. The molecule has 0 amide bonds. The number of halogens is 1. The van der Waals surface area contributed by atoms with Crippen LogP contribution in [0.4, 0.5) is 4.39 Å². The lowest BCUT2D eigenvalue weighted by atomic mass is 10.1. The van der Waals surface area contributed by atoms with Crippen LogP contribution in [0.5, 0.6) is 5.88 Å². The fourth-order valence-corrected chi connectivity index (χ4v) is 3.67. The SMILES string of the molecule is Cc1c(-c2ccc3c(O)n(Cc4ccccc4)cc3c2)nnn1-c1cccnc1F. The first kappa shape index (κ1) is 18.1. The van der Waals surface area contributed by atoms with E-state index in [1.807, 2.05) is 66.2 Å². The average Bonchev–Trinajstić information content (AvgIpc) is 3.29. The van der Waals surface area contributed by atoms with E-state index in [9.17, 15) is 9.50 Å². The quantitative estimate of drug-likeness (QED) is 0.452. The van der Waals surface area contributed by atoms with E-state index in [-0.39, 0.29) is 11.6 Å². The Hall–Kier alpha value is -4.00. The lowest BCUT2D eigenvalue weighted by Gasteiger charge is -2.04. The first-order valence-corrected chi connectivity index (χ1v) is 9.51. The minimum Gasteiger partial charge on any atom is -0.494 e. The van der Waals surface area contributed by atoms with Crippen LogP contribution in [-0.4, -0.2) is 29.7 Å². The van der Waals surface area contributed by atoms with Crippen LogP contribution in [0.25, 0.3) is 27.7 Å². The van der Waals surface area contributed by atoms with E-state index in [0.29, 0.717) is 17.9 Å². The van der Waals surface area contributed by atoms with E-state index in [1.54, 1.807) is 12.1 Å². The fraction of sp³-hybridized carbons (Fsp3) is 0.0870. The van der Waals surface area contributed by atoms with Gasteiger partial charge < -0.3 is 9.67 Å². The minimum absolute atomic E-state index is 0.221. The van der Waals surface area contributed by atoms with Crippen molar-refractivity contribution in [1.82, 2.24) is 24.5 Å². The summed E-state index contributed by atoms with van der Waals surface area (Å²) in [6.07, 6.45) is 3.31. The largest absolute Gasteiger partial charge is 0.494 e. The Morgan fingerprint density at radius 2 is 1.87 bits per heavy atom. The molecule has 2 aromatic carbocycles. The second kappa shape index (κ2) is 7.11. The van der Waals surface area contributed by atoms with Crippen molar-refractivity contribution in [2.75, 3.05) is 0 Å². The summed E-state index contributed by atoms with van der Waals surface area (Å²) in [5.41, 5.74) is 3.55. The minimum atomic E-state index is -0.601. The highest BCUT2D eigenvalue weighted by Gasteiger charge is 2.17. The molecule has 0 radical (unpaired) electrons. The number of hydrogen-bond donors (Lipinski definition) is 1. The smallest absolute Gasteiger partial charge is 0.238 e. The van der Waals surface area contributed by atoms with Crippen molar-refractivity contribution in [2.45, 2.75) is 13.5 Å². The normalized spacial score (nSPS) is 11.3. The lowest BCUT2D eigenvalue weighted by Crippen LogP contribution is -2.03. The molecule has 0 unspecified atom stereocenters. The van der Waals surface area contributed by atoms with Crippen molar-refractivity contribution < 1.29 is 9.50 Å². The first-order valence-electron chi connectivity index (χ1n) is 9.51. The summed E-state index contributed by atoms with van der Waals surface area (Å²) in [4.78, 5) is 3.68. The van der Waals surface area contributed by atoms with Crippen LogP contribution in [0, 0.1) is 12.9 Å². The molecular weight excluding hydrogens is 381 g/mol. The van der Waals surface area contributed by atoms with Gasteiger partial charge in [-0.2, -0.15) is 4.39 Å². The average molecular weight is 399 g/mol. The van der Waals surface area contributed by atoms with Gasteiger partial charge in [0, 0.05) is 28.7 Å². The van der Waals surface area contributed by atoms with Crippen molar-refractivity contribution in [3.05, 3.63) is 90.3 Å². The molecule has 0 aliphatic heterocycles. The standard InChI is InChI=1S/C23H18FN5O/c1-15-21(26-27-29(15)20-8-5-11-25-22(20)24)17-9-10-19-18(12-17)14-28(23(19)30)13-16-6-3-2-4-7-16/h2-12,14,30H,13H2,1H3. The molecule has 0 bridgehead atoms. The number of pyridine rings is 1. The molecule has 30 heavy (non-hydrogen) atoms. The topological polar surface area (TPSA) is 68.8 Å². The number of fused-ring (bicyclic) bond motifs is 1. The Balaban J connectivity index is 1.54. The van der Waals surface area contributed by atoms with Gasteiger partial charge in [-0.1, -0.05) is 41.6 Å². The summed E-state index contributed by atoms with van der Waals surface area (Å²) in [6, 6.07) is 18.9. The summed E-state index contributed by atoms with van der Waals surface area (Å²) >= 11 is 0. The summed E-state index contributed by atoms with van der Waals surface area (Å²) in [5, 5.41) is 20.7. The van der Waals surface area contributed by atoms with Gasteiger partial charge in [0.1, 0.15) is 11.4 Å². The maximum absolute atomic E-state index is 14.1. The Labute approximate surface area is 171 Å². The van der Waals surface area contributed by atoms with Crippen LogP contribution in [0.2, 0.25) is 0 Å². The number of aromatic hydroxyl groups is 1. The summed E-state index contributed by atoms with van der Waals surface area (Å²) in [5.74, 6) is -0.381. The van der Waals surface area contributed by atoms with Gasteiger partial charge in [0.25, 0.3) is 0 Å². The summed E-state index contributed by atoms with van der Waals surface area (Å²) in [7, 11) is 0. The van der Waals surface area contributed by atoms with E-state index in [0.717, 1.165) is 21.9 Å². The van der Waals surface area contributed by atoms with E-state index in [2.05, 4.69) is 15.3 Å². The van der Waals surface area contributed by atoms with Crippen LogP contribution in [0.3, 0.4) is 0 Å². The zero-order valence-electron chi connectivity index (χ0n) is 16.2. The highest BCUT2D eigenvalue weighted by atomic mass is 19.1. The molecule has 148 valence electrons. The Kier molecular flexibility index (Phi) is 4.28. The monoisotopic (exact) mass is 399 g/mol. The number of nitrogens with zero attached hydrogens (tertiary/aromatic N) is 5. The van der Waals surface area contributed by atoms with Gasteiger partial charge in [0.15, 0.2) is 5.88 Å². The van der Waals surface area contributed by atoms with E-state index in [1.165, 1.54) is 10.9 Å². The number of benzene rings is 2. The van der Waals surface area contributed by atoms with Crippen LogP contribution in [0.1, 0.15) is 11.3 Å². The lowest BCUT2D eigenvalue weighted by molar-refractivity contribution is 0.430. The predicted octanol–water partition coefficient (Wildman–Crippen LogP) is 4.49. The van der Waals surface area contributed by atoms with Crippen molar-refractivity contribution in [1.29, 1.82) is 0 Å². The zero-order chi connectivity index (χ0) is 20.7. The van der Waals surface area contributed by atoms with E-state index >= 15 is 0 Å². The van der Waals surface area contributed by atoms with Gasteiger partial charge >= 0.3 is 0 Å². The third-order valence-electron chi connectivity index (χ3n) is 5.19. The highest BCUT2D eigenvalue weighted by Crippen LogP contribution is 2.32. The van der Waals surface area contributed by atoms with Crippen molar-refractivity contribution in [2.24, 2.45) is 0 Å². The van der Waals surface area contributed by atoms with Crippen LogP contribution >= 0.6 is 0 Å². The summed E-state index contributed by atoms with van der Waals surface area (Å²) < 4.78 is 17.3. The highest BCUT2D eigenvalue weighted by molar-refractivity contribution is 5.91. The molecule has 1 N–H and O–H groups in total. The third kappa shape index (κ3) is 3.00. The molecule has 0 aliphatic rings. The van der Waals surface area contributed by atoms with Gasteiger partial charge in [-0.25, -0.2) is 9.67 Å². The van der Waals surface area contributed by atoms with Gasteiger partial charge in [-0.3, -0.25) is 0 Å². The molecule has 3 aromatic heterocycles. The van der Waals surface area contributed by atoms with Gasteiger partial charge in [0.05, 0.1) is 12.2 Å². The molecule has 0 fully saturated rings. The van der Waals surface area contributed by atoms with E-state index < -0.39 is 5.95 Å². The Bertz CT molecular complexity index is 1360. The van der Waals surface area contributed by atoms with Crippen molar-refractivity contribution in [3.63, 3.8) is 0 Å². The fourth-order valence-electron chi connectivity index (χ4n) is 3.67. The molecule has 3 heterocycles.